The fraction of sp³-hybridized carbons (Fsp3) is 0.842. The molecule has 0 N–H and O–H groups in total. The third-order valence-corrected chi connectivity index (χ3v) is 6.70. The molecule has 0 saturated heterocycles. The Hall–Kier alpha value is -0.830. The summed E-state index contributed by atoms with van der Waals surface area (Å²) in [6.07, 6.45) is 10.00. The Balaban J connectivity index is 1.42. The van der Waals surface area contributed by atoms with Crippen LogP contribution in [0, 0.1) is 41.4 Å². The molecule has 8 atom stereocenters. The van der Waals surface area contributed by atoms with Gasteiger partial charge in [0.2, 0.25) is 6.29 Å². The molecule has 0 aromatic rings. The first-order valence-electron chi connectivity index (χ1n) is 9.23. The first-order valence-corrected chi connectivity index (χ1v) is 9.23. The lowest BCUT2D eigenvalue weighted by Gasteiger charge is -2.36. The van der Waals surface area contributed by atoms with Gasteiger partial charge in [0.25, 0.3) is 0 Å². The van der Waals surface area contributed by atoms with Crippen LogP contribution in [-0.4, -0.2) is 18.9 Å². The van der Waals surface area contributed by atoms with Crippen molar-refractivity contribution in [3.63, 3.8) is 0 Å². The molecule has 4 aliphatic carbocycles. The van der Waals surface area contributed by atoms with Gasteiger partial charge in [0, 0.05) is 13.0 Å². The number of fused-ring (bicyclic) bond motifs is 9. The Bertz CT molecular complexity index is 465. The highest BCUT2D eigenvalue weighted by atomic mass is 16.7. The second kappa shape index (κ2) is 5.67. The smallest absolute Gasteiger partial charge is 0.311 e. The predicted octanol–water partition coefficient (Wildman–Crippen LogP) is 3.79. The van der Waals surface area contributed by atoms with Crippen LogP contribution in [0.1, 0.15) is 46.0 Å². The van der Waals surface area contributed by atoms with E-state index < -0.39 is 0 Å². The largest absolute Gasteiger partial charge is 0.436 e. The molecule has 3 nitrogen and oxygen atoms in total. The summed E-state index contributed by atoms with van der Waals surface area (Å²) in [4.78, 5) is 12.7. The van der Waals surface area contributed by atoms with E-state index in [1.54, 1.807) is 0 Å². The normalized spacial score (nSPS) is 45.3. The minimum absolute atomic E-state index is 0.0182. The fourth-order valence-corrected chi connectivity index (χ4v) is 6.10. The second-order valence-electron chi connectivity index (χ2n) is 7.72. The molecule has 0 aromatic heterocycles. The molecule has 0 aliphatic heterocycles. The van der Waals surface area contributed by atoms with E-state index in [-0.39, 0.29) is 18.2 Å². The molecule has 3 saturated carbocycles. The van der Waals surface area contributed by atoms with Crippen molar-refractivity contribution in [2.24, 2.45) is 41.4 Å². The predicted molar refractivity (Wildman–Crippen MR) is 83.8 cm³/mol. The zero-order valence-corrected chi connectivity index (χ0v) is 13.7. The number of rotatable bonds is 6. The molecule has 8 unspecified atom stereocenters. The zero-order valence-electron chi connectivity index (χ0n) is 13.7. The van der Waals surface area contributed by atoms with E-state index in [0.717, 1.165) is 48.9 Å². The number of carbonyl (C=O) groups is 1. The van der Waals surface area contributed by atoms with Crippen molar-refractivity contribution < 1.29 is 14.3 Å². The molecule has 0 amide bonds. The van der Waals surface area contributed by atoms with Crippen LogP contribution in [0.15, 0.2) is 12.2 Å². The molecule has 0 heterocycles. The first-order chi connectivity index (χ1) is 10.7. The van der Waals surface area contributed by atoms with E-state index in [1.807, 2.05) is 6.92 Å². The van der Waals surface area contributed by atoms with Crippen LogP contribution in [0.4, 0.5) is 0 Å². The van der Waals surface area contributed by atoms with Crippen LogP contribution in [0.2, 0.25) is 0 Å². The summed E-state index contributed by atoms with van der Waals surface area (Å²) >= 11 is 0. The van der Waals surface area contributed by atoms with Gasteiger partial charge in [-0.05, 0) is 61.7 Å². The molecule has 3 heteroatoms. The van der Waals surface area contributed by atoms with Gasteiger partial charge in [-0.15, -0.1) is 0 Å². The maximum Gasteiger partial charge on any atom is 0.311 e. The van der Waals surface area contributed by atoms with E-state index >= 15 is 0 Å². The van der Waals surface area contributed by atoms with Crippen LogP contribution in [0.25, 0.3) is 0 Å². The van der Waals surface area contributed by atoms with Crippen molar-refractivity contribution in [1.82, 2.24) is 0 Å². The number of hydrogen-bond acceptors (Lipinski definition) is 3. The summed E-state index contributed by atoms with van der Waals surface area (Å²) < 4.78 is 11.3. The van der Waals surface area contributed by atoms with Gasteiger partial charge in [0.15, 0.2) is 0 Å². The minimum Gasteiger partial charge on any atom is -0.436 e. The number of esters is 1. The standard InChI is InChI=1S/C19H28O3/c1-3-5-16(21-4-2)22-19(20)15-10-13-9-14(15)18-12-7-6-11(8-12)17(13)18/h6-7,11-18H,3-5,8-10H2,1-2H3. The SMILES string of the molecule is CCCC(OCC)OC(=O)C1CC2CC1C1C3C=CC(C3)C21. The molecule has 122 valence electrons. The zero-order chi connectivity index (χ0) is 15.3. The Kier molecular flexibility index (Phi) is 3.80. The van der Waals surface area contributed by atoms with E-state index in [1.165, 1.54) is 12.8 Å². The number of allylic oxidation sites excluding steroid dienone is 2. The van der Waals surface area contributed by atoms with Gasteiger partial charge < -0.3 is 9.47 Å². The van der Waals surface area contributed by atoms with Crippen LogP contribution >= 0.6 is 0 Å². The monoisotopic (exact) mass is 304 g/mol. The summed E-state index contributed by atoms with van der Waals surface area (Å²) in [6.45, 7) is 4.66. The molecule has 0 aromatic carbocycles. The lowest BCUT2D eigenvalue weighted by atomic mass is 9.69. The summed E-state index contributed by atoms with van der Waals surface area (Å²) in [7, 11) is 0. The summed E-state index contributed by atoms with van der Waals surface area (Å²) in [5.74, 6) is 4.71. The highest BCUT2D eigenvalue weighted by Crippen LogP contribution is 2.67. The highest BCUT2D eigenvalue weighted by molar-refractivity contribution is 5.73. The Morgan fingerprint density at radius 3 is 2.64 bits per heavy atom. The van der Waals surface area contributed by atoms with E-state index in [2.05, 4.69) is 19.1 Å². The third-order valence-electron chi connectivity index (χ3n) is 6.70. The lowest BCUT2D eigenvalue weighted by molar-refractivity contribution is -0.186. The third kappa shape index (κ3) is 2.16. The van der Waals surface area contributed by atoms with Gasteiger partial charge in [-0.25, -0.2) is 0 Å². The quantitative estimate of drug-likeness (QED) is 0.324. The van der Waals surface area contributed by atoms with Crippen LogP contribution in [0.5, 0.6) is 0 Å². The van der Waals surface area contributed by atoms with E-state index in [9.17, 15) is 4.79 Å². The van der Waals surface area contributed by atoms with Crippen molar-refractivity contribution in [2.75, 3.05) is 6.61 Å². The van der Waals surface area contributed by atoms with Gasteiger partial charge >= 0.3 is 5.97 Å². The van der Waals surface area contributed by atoms with Gasteiger partial charge in [-0.3, -0.25) is 4.79 Å². The van der Waals surface area contributed by atoms with E-state index in [0.29, 0.717) is 12.5 Å². The Morgan fingerprint density at radius 2 is 1.91 bits per heavy atom. The van der Waals surface area contributed by atoms with Gasteiger partial charge in [-0.1, -0.05) is 25.5 Å². The molecule has 3 fully saturated rings. The minimum atomic E-state index is -0.336. The molecule has 4 bridgehead atoms. The Labute approximate surface area is 133 Å². The maximum absolute atomic E-state index is 12.7. The van der Waals surface area contributed by atoms with Crippen molar-refractivity contribution in [3.8, 4) is 0 Å². The molecule has 4 aliphatic rings. The molecular weight excluding hydrogens is 276 g/mol. The second-order valence-corrected chi connectivity index (χ2v) is 7.72. The first kappa shape index (κ1) is 14.7. The van der Waals surface area contributed by atoms with Crippen LogP contribution in [-0.2, 0) is 14.3 Å². The molecule has 0 radical (unpaired) electrons. The van der Waals surface area contributed by atoms with Crippen molar-refractivity contribution >= 4 is 5.97 Å². The topological polar surface area (TPSA) is 35.5 Å². The van der Waals surface area contributed by atoms with Gasteiger partial charge in [0.05, 0.1) is 5.92 Å². The van der Waals surface area contributed by atoms with Crippen LogP contribution < -0.4 is 0 Å². The lowest BCUT2D eigenvalue weighted by Crippen LogP contribution is -2.36. The number of hydrogen-bond donors (Lipinski definition) is 0. The number of carbonyl (C=O) groups excluding carboxylic acids is 1. The average molecular weight is 304 g/mol. The van der Waals surface area contributed by atoms with Crippen molar-refractivity contribution in [3.05, 3.63) is 12.2 Å². The maximum atomic E-state index is 12.7. The molecule has 22 heavy (non-hydrogen) atoms. The average Bonchev–Trinajstić information content (AvgIpc) is 3.25. The summed E-state index contributed by atoms with van der Waals surface area (Å²) in [5.41, 5.74) is 0. The summed E-state index contributed by atoms with van der Waals surface area (Å²) in [5, 5.41) is 0. The fourth-order valence-electron chi connectivity index (χ4n) is 6.10. The molecular formula is C19H28O3. The van der Waals surface area contributed by atoms with Gasteiger partial charge in [-0.2, -0.15) is 0 Å². The molecule has 0 spiro atoms. The summed E-state index contributed by atoms with van der Waals surface area (Å²) in [6, 6.07) is 0. The van der Waals surface area contributed by atoms with E-state index in [4.69, 9.17) is 9.47 Å². The number of ether oxygens (including phenoxy) is 2. The van der Waals surface area contributed by atoms with Gasteiger partial charge in [0.1, 0.15) is 0 Å². The highest BCUT2D eigenvalue weighted by Gasteiger charge is 2.62. The van der Waals surface area contributed by atoms with Crippen molar-refractivity contribution in [2.45, 2.75) is 52.2 Å². The van der Waals surface area contributed by atoms with Crippen LogP contribution in [0.3, 0.4) is 0 Å². The molecule has 4 rings (SSSR count). The van der Waals surface area contributed by atoms with Crippen molar-refractivity contribution in [1.29, 1.82) is 0 Å². The Morgan fingerprint density at radius 1 is 1.14 bits per heavy atom.